The highest BCUT2D eigenvalue weighted by Gasteiger charge is 2.09. The van der Waals surface area contributed by atoms with Gasteiger partial charge in [0.05, 0.1) is 6.42 Å². The van der Waals surface area contributed by atoms with E-state index in [-0.39, 0.29) is 12.3 Å². The van der Waals surface area contributed by atoms with Crippen LogP contribution < -0.4 is 10.6 Å². The monoisotopic (exact) mass is 336 g/mol. The van der Waals surface area contributed by atoms with E-state index < -0.39 is 5.82 Å². The number of amides is 1. The molecule has 5 nitrogen and oxygen atoms in total. The Morgan fingerprint density at radius 1 is 0.880 bits per heavy atom. The summed E-state index contributed by atoms with van der Waals surface area (Å²) in [5, 5.41) is 13.7. The summed E-state index contributed by atoms with van der Waals surface area (Å²) in [5.74, 6) is 0.191. The first kappa shape index (κ1) is 16.6. The largest absolute Gasteiger partial charge is 0.365 e. The van der Waals surface area contributed by atoms with Crippen LogP contribution >= 0.6 is 0 Å². The standard InChI is InChI=1S/C19H17FN4O/c20-16-9-5-4-8-15(16)12-19(25)22-18-11-10-17(23-24-18)21-13-14-6-2-1-3-7-14/h1-11H,12-13H2,(H,21,23)(H,22,24,25). The zero-order valence-corrected chi connectivity index (χ0v) is 13.4. The predicted molar refractivity (Wildman–Crippen MR) is 94.5 cm³/mol. The van der Waals surface area contributed by atoms with Gasteiger partial charge in [0.15, 0.2) is 5.82 Å². The first-order valence-electron chi connectivity index (χ1n) is 7.85. The lowest BCUT2D eigenvalue weighted by atomic mass is 10.1. The summed E-state index contributed by atoms with van der Waals surface area (Å²) in [6, 6.07) is 19.5. The molecule has 1 aromatic heterocycles. The van der Waals surface area contributed by atoms with Gasteiger partial charge in [-0.3, -0.25) is 4.79 Å². The van der Waals surface area contributed by atoms with Crippen molar-refractivity contribution in [2.24, 2.45) is 0 Å². The van der Waals surface area contributed by atoms with Crippen molar-refractivity contribution in [1.82, 2.24) is 10.2 Å². The molecule has 3 aromatic rings. The van der Waals surface area contributed by atoms with E-state index in [1.807, 2.05) is 30.3 Å². The van der Waals surface area contributed by atoms with Gasteiger partial charge in [-0.2, -0.15) is 0 Å². The van der Waals surface area contributed by atoms with Gasteiger partial charge in [0, 0.05) is 6.54 Å². The summed E-state index contributed by atoms with van der Waals surface area (Å²) >= 11 is 0. The summed E-state index contributed by atoms with van der Waals surface area (Å²) in [5.41, 5.74) is 1.47. The van der Waals surface area contributed by atoms with Crippen LogP contribution in [0.4, 0.5) is 16.0 Å². The molecular formula is C19H17FN4O. The molecule has 0 unspecified atom stereocenters. The van der Waals surface area contributed by atoms with Crippen LogP contribution in [-0.4, -0.2) is 16.1 Å². The number of carbonyl (C=O) groups excluding carboxylic acids is 1. The van der Waals surface area contributed by atoms with Gasteiger partial charge in [0.2, 0.25) is 5.91 Å². The number of benzene rings is 2. The van der Waals surface area contributed by atoms with Crippen LogP contribution in [0.15, 0.2) is 66.7 Å². The Balaban J connectivity index is 1.53. The molecule has 1 amide bonds. The number of rotatable bonds is 6. The van der Waals surface area contributed by atoms with Crippen molar-refractivity contribution in [2.75, 3.05) is 10.6 Å². The van der Waals surface area contributed by atoms with Gasteiger partial charge < -0.3 is 10.6 Å². The topological polar surface area (TPSA) is 66.9 Å². The van der Waals surface area contributed by atoms with Gasteiger partial charge in [-0.25, -0.2) is 4.39 Å². The van der Waals surface area contributed by atoms with E-state index >= 15 is 0 Å². The highest BCUT2D eigenvalue weighted by molar-refractivity contribution is 5.91. The zero-order chi connectivity index (χ0) is 17.5. The molecule has 0 saturated carbocycles. The normalized spacial score (nSPS) is 10.3. The number of carbonyl (C=O) groups is 1. The Kier molecular flexibility index (Phi) is 5.31. The molecule has 0 saturated heterocycles. The minimum atomic E-state index is -0.399. The summed E-state index contributed by atoms with van der Waals surface area (Å²) in [6.07, 6.45) is -0.0532. The Morgan fingerprint density at radius 2 is 1.56 bits per heavy atom. The van der Waals surface area contributed by atoms with Crippen molar-refractivity contribution in [3.8, 4) is 0 Å². The van der Waals surface area contributed by atoms with Gasteiger partial charge in [-0.1, -0.05) is 48.5 Å². The fraction of sp³-hybridized carbons (Fsp3) is 0.105. The SMILES string of the molecule is O=C(Cc1ccccc1F)Nc1ccc(NCc2ccccc2)nn1. The lowest BCUT2D eigenvalue weighted by molar-refractivity contribution is -0.115. The van der Waals surface area contributed by atoms with E-state index in [0.717, 1.165) is 5.56 Å². The third kappa shape index (κ3) is 4.84. The molecule has 0 radical (unpaired) electrons. The Hall–Kier alpha value is -3.28. The number of anilines is 2. The fourth-order valence-corrected chi connectivity index (χ4v) is 2.28. The molecule has 1 heterocycles. The number of hydrogen-bond acceptors (Lipinski definition) is 4. The van der Waals surface area contributed by atoms with Crippen LogP contribution in [0, 0.1) is 5.82 Å². The predicted octanol–water partition coefficient (Wildman–Crippen LogP) is 3.41. The molecule has 2 aromatic carbocycles. The van der Waals surface area contributed by atoms with Gasteiger partial charge in [0.1, 0.15) is 11.6 Å². The van der Waals surface area contributed by atoms with E-state index in [1.165, 1.54) is 6.07 Å². The summed E-state index contributed by atoms with van der Waals surface area (Å²) in [7, 11) is 0. The zero-order valence-electron chi connectivity index (χ0n) is 13.4. The fourth-order valence-electron chi connectivity index (χ4n) is 2.28. The van der Waals surface area contributed by atoms with Crippen molar-refractivity contribution >= 4 is 17.5 Å². The molecule has 6 heteroatoms. The Morgan fingerprint density at radius 3 is 2.28 bits per heavy atom. The number of hydrogen-bond donors (Lipinski definition) is 2. The lowest BCUT2D eigenvalue weighted by Gasteiger charge is -2.07. The minimum absolute atomic E-state index is 0.0532. The van der Waals surface area contributed by atoms with E-state index in [2.05, 4.69) is 20.8 Å². The van der Waals surface area contributed by atoms with E-state index in [4.69, 9.17) is 0 Å². The molecule has 0 aliphatic heterocycles. The highest BCUT2D eigenvalue weighted by Crippen LogP contribution is 2.11. The molecule has 0 spiro atoms. The molecule has 0 aliphatic rings. The average molecular weight is 336 g/mol. The maximum atomic E-state index is 13.6. The number of halogens is 1. The van der Waals surface area contributed by atoms with E-state index in [9.17, 15) is 9.18 Å². The van der Waals surface area contributed by atoms with Crippen LogP contribution in [0.3, 0.4) is 0 Å². The molecule has 126 valence electrons. The molecule has 3 rings (SSSR count). The van der Waals surface area contributed by atoms with Crippen molar-refractivity contribution in [3.63, 3.8) is 0 Å². The second-order valence-electron chi connectivity index (χ2n) is 5.46. The number of nitrogens with zero attached hydrogens (tertiary/aromatic N) is 2. The second kappa shape index (κ2) is 8.01. The first-order valence-corrected chi connectivity index (χ1v) is 7.85. The van der Waals surface area contributed by atoms with Crippen molar-refractivity contribution in [3.05, 3.63) is 83.7 Å². The lowest BCUT2D eigenvalue weighted by Crippen LogP contribution is -2.16. The minimum Gasteiger partial charge on any atom is -0.365 e. The number of nitrogens with one attached hydrogen (secondary N) is 2. The van der Waals surface area contributed by atoms with Gasteiger partial charge in [-0.05, 0) is 29.3 Å². The van der Waals surface area contributed by atoms with Crippen molar-refractivity contribution in [2.45, 2.75) is 13.0 Å². The van der Waals surface area contributed by atoms with E-state index in [1.54, 1.807) is 30.3 Å². The average Bonchev–Trinajstić information content (AvgIpc) is 2.64. The van der Waals surface area contributed by atoms with Gasteiger partial charge in [0.25, 0.3) is 0 Å². The van der Waals surface area contributed by atoms with Crippen LogP contribution in [-0.2, 0) is 17.8 Å². The maximum absolute atomic E-state index is 13.6. The summed E-state index contributed by atoms with van der Waals surface area (Å²) in [4.78, 5) is 12.0. The molecule has 0 bridgehead atoms. The van der Waals surface area contributed by atoms with Gasteiger partial charge >= 0.3 is 0 Å². The smallest absolute Gasteiger partial charge is 0.230 e. The van der Waals surface area contributed by atoms with Gasteiger partial charge in [-0.15, -0.1) is 10.2 Å². The maximum Gasteiger partial charge on any atom is 0.230 e. The molecule has 0 aliphatic carbocycles. The Bertz CT molecular complexity index is 838. The van der Waals surface area contributed by atoms with Crippen LogP contribution in [0.2, 0.25) is 0 Å². The molecule has 0 fully saturated rings. The van der Waals surface area contributed by atoms with Crippen LogP contribution in [0.1, 0.15) is 11.1 Å². The van der Waals surface area contributed by atoms with E-state index in [0.29, 0.717) is 23.7 Å². The molecular weight excluding hydrogens is 319 g/mol. The highest BCUT2D eigenvalue weighted by atomic mass is 19.1. The molecule has 0 atom stereocenters. The van der Waals surface area contributed by atoms with Crippen molar-refractivity contribution in [1.29, 1.82) is 0 Å². The second-order valence-corrected chi connectivity index (χ2v) is 5.46. The van der Waals surface area contributed by atoms with Crippen LogP contribution in [0.25, 0.3) is 0 Å². The first-order chi connectivity index (χ1) is 12.2. The quantitative estimate of drug-likeness (QED) is 0.724. The molecule has 25 heavy (non-hydrogen) atoms. The summed E-state index contributed by atoms with van der Waals surface area (Å²) in [6.45, 7) is 0.633. The third-order valence-corrected chi connectivity index (χ3v) is 3.56. The molecule has 2 N–H and O–H groups in total. The number of aromatic nitrogens is 2. The summed E-state index contributed by atoms with van der Waals surface area (Å²) < 4.78 is 13.6. The van der Waals surface area contributed by atoms with Crippen LogP contribution in [0.5, 0.6) is 0 Å². The third-order valence-electron chi connectivity index (χ3n) is 3.56. The Labute approximate surface area is 144 Å². The van der Waals surface area contributed by atoms with Crippen molar-refractivity contribution < 1.29 is 9.18 Å².